The third-order valence-corrected chi connectivity index (χ3v) is 10.8. The van der Waals surface area contributed by atoms with E-state index in [1.807, 2.05) is 42.5 Å². The van der Waals surface area contributed by atoms with Crippen molar-refractivity contribution in [3.63, 3.8) is 0 Å². The summed E-state index contributed by atoms with van der Waals surface area (Å²) in [5, 5.41) is 4.40. The molecule has 0 spiro atoms. The maximum absolute atomic E-state index is 6.82. The number of anilines is 6. The molecule has 0 bridgehead atoms. The van der Waals surface area contributed by atoms with Crippen LogP contribution >= 0.6 is 0 Å². The molecule has 0 N–H and O–H groups in total. The molecule has 0 radical (unpaired) electrons. The first-order valence-electron chi connectivity index (χ1n) is 19.5. The number of aromatic nitrogens is 1. The van der Waals surface area contributed by atoms with E-state index in [-0.39, 0.29) is 0 Å². The monoisotopic (exact) mass is 745 g/mol. The second-order valence-electron chi connectivity index (χ2n) is 14.4. The van der Waals surface area contributed by atoms with Gasteiger partial charge in [0, 0.05) is 44.7 Å². The number of furan rings is 1. The molecule has 9 aromatic carbocycles. The molecule has 2 heterocycles. The second-order valence-corrected chi connectivity index (χ2v) is 14.4. The van der Waals surface area contributed by atoms with Crippen LogP contribution in [0.15, 0.2) is 221 Å². The first-order valence-corrected chi connectivity index (χ1v) is 19.5. The zero-order chi connectivity index (χ0) is 38.4. The Morgan fingerprint density at radius 1 is 0.345 bits per heavy atom. The smallest absolute Gasteiger partial charge is 0.227 e. The largest absolute Gasteiger partial charge is 0.456 e. The summed E-state index contributed by atoms with van der Waals surface area (Å²) >= 11 is 0. The minimum Gasteiger partial charge on any atom is -0.456 e. The van der Waals surface area contributed by atoms with Crippen LogP contribution in [0.2, 0.25) is 0 Å². The van der Waals surface area contributed by atoms with Crippen molar-refractivity contribution in [2.75, 3.05) is 9.80 Å². The van der Waals surface area contributed by atoms with E-state index >= 15 is 0 Å². The van der Waals surface area contributed by atoms with Crippen molar-refractivity contribution in [1.82, 2.24) is 4.98 Å². The summed E-state index contributed by atoms with van der Waals surface area (Å²) in [6.45, 7) is 0. The van der Waals surface area contributed by atoms with Crippen LogP contribution in [-0.4, -0.2) is 4.98 Å². The van der Waals surface area contributed by atoms with Crippen molar-refractivity contribution < 1.29 is 8.83 Å². The number of hydrogen-bond acceptors (Lipinski definition) is 5. The molecule has 0 aliphatic carbocycles. The van der Waals surface area contributed by atoms with Crippen LogP contribution in [0.25, 0.3) is 66.4 Å². The molecule has 0 saturated carbocycles. The molecule has 0 fully saturated rings. The fourth-order valence-electron chi connectivity index (χ4n) is 8.20. The molecule has 0 amide bonds. The highest BCUT2D eigenvalue weighted by Gasteiger charge is 2.26. The summed E-state index contributed by atoms with van der Waals surface area (Å²) in [6.07, 6.45) is 0. The van der Waals surface area contributed by atoms with Crippen LogP contribution in [0.1, 0.15) is 0 Å². The van der Waals surface area contributed by atoms with Crippen LogP contribution in [0.4, 0.5) is 34.1 Å². The average molecular weight is 746 g/mol. The van der Waals surface area contributed by atoms with Gasteiger partial charge >= 0.3 is 0 Å². The molecule has 2 aromatic heterocycles. The van der Waals surface area contributed by atoms with Crippen LogP contribution < -0.4 is 9.80 Å². The van der Waals surface area contributed by atoms with Gasteiger partial charge in [-0.2, -0.15) is 0 Å². The molecule has 5 heteroatoms. The van der Waals surface area contributed by atoms with Gasteiger partial charge in [0.05, 0.1) is 22.7 Å². The molecule has 5 nitrogen and oxygen atoms in total. The highest BCUT2D eigenvalue weighted by molar-refractivity contribution is 6.08. The molecule has 0 aliphatic rings. The van der Waals surface area contributed by atoms with E-state index < -0.39 is 0 Å². The Kier molecular flexibility index (Phi) is 8.07. The summed E-state index contributed by atoms with van der Waals surface area (Å²) < 4.78 is 13.2. The molecular weight excluding hydrogens is 711 g/mol. The lowest BCUT2D eigenvalue weighted by Crippen LogP contribution is -2.14. The lowest BCUT2D eigenvalue weighted by Gasteiger charge is -2.31. The average Bonchev–Trinajstić information content (AvgIpc) is 3.90. The van der Waals surface area contributed by atoms with Gasteiger partial charge in [0.25, 0.3) is 0 Å². The highest BCUT2D eigenvalue weighted by atomic mass is 16.3. The Bertz CT molecular complexity index is 3240. The van der Waals surface area contributed by atoms with Gasteiger partial charge in [-0.05, 0) is 77.7 Å². The SMILES string of the molecule is c1ccc(-c2nc3c(N(c4ccc5oc6ccccc6c5c4)c4ccccc4-c4ccccc4)cc(N(c4ccccc4)c4cccc5ccccc45)cc3o2)cc1. The topological polar surface area (TPSA) is 45.7 Å². The molecular formula is C53H35N3O2. The Labute approximate surface area is 335 Å². The standard InChI is InChI=1S/C53H35N3O2/c1-4-17-36(18-5-1)43-26-12-14-28-47(43)56(40-31-32-50-45(33-40)44-27-13-15-30-49(44)57-50)48-34-41(35-51-52(48)54-53(58-51)38-20-6-2-7-21-38)55(39-23-8-3-9-24-39)46-29-16-22-37-19-10-11-25-42(37)46/h1-35H. The van der Waals surface area contributed by atoms with Crippen LogP contribution in [0, 0.1) is 0 Å². The van der Waals surface area contributed by atoms with Gasteiger partial charge in [-0.15, -0.1) is 0 Å². The van der Waals surface area contributed by atoms with E-state index in [0.717, 1.165) is 89.0 Å². The summed E-state index contributed by atoms with van der Waals surface area (Å²) in [4.78, 5) is 9.97. The quantitative estimate of drug-likeness (QED) is 0.155. The molecule has 11 rings (SSSR count). The number of hydrogen-bond donors (Lipinski definition) is 0. The fraction of sp³-hybridized carbons (Fsp3) is 0. The number of para-hydroxylation sites is 3. The Morgan fingerprint density at radius 3 is 1.81 bits per heavy atom. The number of fused-ring (bicyclic) bond motifs is 5. The van der Waals surface area contributed by atoms with E-state index in [1.165, 1.54) is 0 Å². The van der Waals surface area contributed by atoms with Crippen molar-refractivity contribution >= 4 is 77.9 Å². The van der Waals surface area contributed by atoms with Crippen LogP contribution in [0.3, 0.4) is 0 Å². The van der Waals surface area contributed by atoms with E-state index in [2.05, 4.69) is 180 Å². The number of nitrogens with zero attached hydrogens (tertiary/aromatic N) is 3. The number of benzene rings is 9. The Morgan fingerprint density at radius 2 is 0.983 bits per heavy atom. The van der Waals surface area contributed by atoms with Crippen molar-refractivity contribution in [3.05, 3.63) is 212 Å². The van der Waals surface area contributed by atoms with E-state index in [0.29, 0.717) is 11.5 Å². The first-order chi connectivity index (χ1) is 28.8. The van der Waals surface area contributed by atoms with E-state index in [4.69, 9.17) is 13.8 Å². The molecule has 0 aliphatic heterocycles. The van der Waals surface area contributed by atoms with Gasteiger partial charge < -0.3 is 18.6 Å². The Balaban J connectivity index is 1.24. The lowest BCUT2D eigenvalue weighted by molar-refractivity contribution is 0.620. The van der Waals surface area contributed by atoms with Crippen molar-refractivity contribution in [1.29, 1.82) is 0 Å². The van der Waals surface area contributed by atoms with Gasteiger partial charge in [0.2, 0.25) is 5.89 Å². The molecule has 11 aromatic rings. The molecule has 0 atom stereocenters. The van der Waals surface area contributed by atoms with Gasteiger partial charge in [0.1, 0.15) is 16.7 Å². The van der Waals surface area contributed by atoms with Gasteiger partial charge in [-0.1, -0.05) is 140 Å². The fourth-order valence-corrected chi connectivity index (χ4v) is 8.20. The highest BCUT2D eigenvalue weighted by Crippen LogP contribution is 2.49. The second kappa shape index (κ2) is 14.0. The van der Waals surface area contributed by atoms with E-state index in [9.17, 15) is 0 Å². The van der Waals surface area contributed by atoms with Gasteiger partial charge in [-0.3, -0.25) is 0 Å². The molecule has 58 heavy (non-hydrogen) atoms. The van der Waals surface area contributed by atoms with Crippen LogP contribution in [0.5, 0.6) is 0 Å². The van der Waals surface area contributed by atoms with Crippen molar-refractivity contribution in [2.24, 2.45) is 0 Å². The molecule has 274 valence electrons. The number of oxazole rings is 1. The molecule has 0 saturated heterocycles. The first kappa shape index (κ1) is 33.4. The van der Waals surface area contributed by atoms with Crippen molar-refractivity contribution in [2.45, 2.75) is 0 Å². The summed E-state index contributed by atoms with van der Waals surface area (Å²) in [7, 11) is 0. The maximum atomic E-state index is 6.82. The minimum atomic E-state index is 0.554. The summed E-state index contributed by atoms with van der Waals surface area (Å²) in [5.74, 6) is 0.554. The van der Waals surface area contributed by atoms with Crippen LogP contribution in [-0.2, 0) is 0 Å². The third-order valence-electron chi connectivity index (χ3n) is 10.8. The summed E-state index contributed by atoms with van der Waals surface area (Å²) in [5.41, 5.74) is 12.0. The predicted molar refractivity (Wildman–Crippen MR) is 239 cm³/mol. The van der Waals surface area contributed by atoms with Gasteiger partial charge in [-0.25, -0.2) is 4.98 Å². The predicted octanol–water partition coefficient (Wildman–Crippen LogP) is 15.2. The lowest BCUT2D eigenvalue weighted by atomic mass is 10.0. The Hall–Kier alpha value is -7.89. The van der Waals surface area contributed by atoms with Crippen molar-refractivity contribution in [3.8, 4) is 22.6 Å². The zero-order valence-corrected chi connectivity index (χ0v) is 31.4. The number of rotatable bonds is 8. The van der Waals surface area contributed by atoms with E-state index in [1.54, 1.807) is 0 Å². The summed E-state index contributed by atoms with van der Waals surface area (Å²) in [6, 6.07) is 73.9. The molecule has 0 unspecified atom stereocenters. The normalized spacial score (nSPS) is 11.4. The zero-order valence-electron chi connectivity index (χ0n) is 31.4. The third kappa shape index (κ3) is 5.76. The minimum absolute atomic E-state index is 0.554. The van der Waals surface area contributed by atoms with Gasteiger partial charge in [0.15, 0.2) is 5.58 Å². The maximum Gasteiger partial charge on any atom is 0.227 e.